The monoisotopic (exact) mass is 871 g/mol. The first kappa shape index (κ1) is 37.6. The van der Waals surface area contributed by atoms with Gasteiger partial charge in [0.05, 0.1) is 43.5 Å². The summed E-state index contributed by atoms with van der Waals surface area (Å²) in [5.74, 6) is 0.644. The minimum atomic E-state index is 0.644. The van der Waals surface area contributed by atoms with Crippen molar-refractivity contribution in [2.45, 2.75) is 0 Å². The second kappa shape index (κ2) is 14.9. The van der Waals surface area contributed by atoms with E-state index in [0.717, 1.165) is 87.9 Å². The Morgan fingerprint density at radius 3 is 1.73 bits per heavy atom. The number of hydrogen-bond donors (Lipinski definition) is 0. The van der Waals surface area contributed by atoms with E-state index >= 15 is 0 Å². The maximum Gasteiger partial charge on any atom is 0.235 e. The van der Waals surface area contributed by atoms with Crippen LogP contribution in [0.1, 0.15) is 0 Å². The molecule has 0 spiro atoms. The van der Waals surface area contributed by atoms with Crippen molar-refractivity contribution in [3.05, 3.63) is 224 Å². The van der Waals surface area contributed by atoms with Gasteiger partial charge in [-0.15, -0.1) is 11.3 Å². The fourth-order valence-corrected chi connectivity index (χ4v) is 11.2. The van der Waals surface area contributed by atoms with E-state index in [-0.39, 0.29) is 0 Å². The van der Waals surface area contributed by atoms with Crippen LogP contribution in [0.4, 0.5) is 0 Å². The summed E-state index contributed by atoms with van der Waals surface area (Å²) in [6.07, 6.45) is 0. The van der Waals surface area contributed by atoms with Crippen LogP contribution in [0.25, 0.3) is 131 Å². The van der Waals surface area contributed by atoms with Crippen LogP contribution in [0.15, 0.2) is 224 Å². The molecule has 0 bridgehead atoms. The van der Waals surface area contributed by atoms with Gasteiger partial charge >= 0.3 is 0 Å². The first-order chi connectivity index (χ1) is 33.2. The third kappa shape index (κ3) is 6.04. The predicted octanol–water partition coefficient (Wildman–Crippen LogP) is 16.3. The molecule has 4 aromatic heterocycles. The van der Waals surface area contributed by atoms with E-state index in [1.165, 1.54) is 37.4 Å². The third-order valence-electron chi connectivity index (χ3n) is 13.4. The van der Waals surface area contributed by atoms with Crippen LogP contribution >= 0.6 is 11.3 Å². The zero-order valence-corrected chi connectivity index (χ0v) is 36.8. The molecule has 0 atom stereocenters. The van der Waals surface area contributed by atoms with Gasteiger partial charge in [-0.3, -0.25) is 4.57 Å². The van der Waals surface area contributed by atoms with Crippen molar-refractivity contribution in [1.29, 1.82) is 0 Å². The molecule has 67 heavy (non-hydrogen) atoms. The summed E-state index contributed by atoms with van der Waals surface area (Å²) in [5, 5.41) is 9.25. The zero-order valence-electron chi connectivity index (χ0n) is 36.0. The van der Waals surface area contributed by atoms with E-state index in [1.54, 1.807) is 11.3 Å². The molecular formula is C61H37N5S. The second-order valence-corrected chi connectivity index (χ2v) is 18.2. The molecule has 14 rings (SSSR count). The smallest absolute Gasteiger partial charge is 0.235 e. The molecule has 0 aliphatic heterocycles. The Bertz CT molecular complexity index is 4250. The second-order valence-electron chi connectivity index (χ2n) is 17.2. The number of aromatic nitrogens is 5. The Morgan fingerprint density at radius 2 is 0.925 bits per heavy atom. The predicted molar refractivity (Wildman–Crippen MR) is 281 cm³/mol. The fourth-order valence-electron chi connectivity index (χ4n) is 10.2. The van der Waals surface area contributed by atoms with E-state index in [4.69, 9.17) is 15.0 Å². The Kier molecular flexibility index (Phi) is 8.38. The molecule has 14 aromatic rings. The van der Waals surface area contributed by atoms with Crippen LogP contribution in [-0.2, 0) is 0 Å². The van der Waals surface area contributed by atoms with Crippen molar-refractivity contribution < 1.29 is 0 Å². The first-order valence-electron chi connectivity index (χ1n) is 22.6. The van der Waals surface area contributed by atoms with Gasteiger partial charge in [0.15, 0.2) is 0 Å². The van der Waals surface area contributed by atoms with Crippen molar-refractivity contribution in [3.63, 3.8) is 0 Å². The number of thiazole rings is 1. The lowest BCUT2D eigenvalue weighted by molar-refractivity contribution is 1.01. The highest BCUT2D eigenvalue weighted by atomic mass is 32.1. The summed E-state index contributed by atoms with van der Waals surface area (Å²) < 4.78 is 5.79. The third-order valence-corrected chi connectivity index (χ3v) is 14.4. The maximum atomic E-state index is 5.42. The molecule has 5 nitrogen and oxygen atoms in total. The van der Waals surface area contributed by atoms with Gasteiger partial charge in [0.25, 0.3) is 0 Å². The largest absolute Gasteiger partial charge is 0.309 e. The molecule has 0 N–H and O–H groups in total. The molecule has 0 saturated heterocycles. The molecule has 6 heteroatoms. The maximum absolute atomic E-state index is 5.42. The quantitative estimate of drug-likeness (QED) is 0.167. The van der Waals surface area contributed by atoms with Crippen LogP contribution in [-0.4, -0.2) is 24.1 Å². The molecule has 0 aliphatic carbocycles. The standard InChI is InChI=1S/C61H37N5S/c1-3-15-41(16-4-1)60-62-53-37-57-51(36-58(53)67-60)50-35-43(30-32-55(50)65(57)44-18-5-2-6-19-44)42-31-33-56-49(34-42)47-21-10-12-25-54(47)66(56)61-63-52-24-11-9-22-48(52)59(64-61)40-28-26-39(27-29-40)46-23-13-17-38-14-7-8-20-45(38)46/h1-37H. The molecule has 10 aromatic carbocycles. The number of nitrogens with zero attached hydrogens (tertiary/aromatic N) is 5. The summed E-state index contributed by atoms with van der Waals surface area (Å²) in [6.45, 7) is 0. The summed E-state index contributed by atoms with van der Waals surface area (Å²) in [4.78, 5) is 15.8. The van der Waals surface area contributed by atoms with Gasteiger partial charge in [0.1, 0.15) is 5.01 Å². The highest BCUT2D eigenvalue weighted by Gasteiger charge is 2.20. The minimum Gasteiger partial charge on any atom is -0.309 e. The highest BCUT2D eigenvalue weighted by Crippen LogP contribution is 2.42. The van der Waals surface area contributed by atoms with Gasteiger partial charge in [-0.2, -0.15) is 0 Å². The van der Waals surface area contributed by atoms with E-state index in [0.29, 0.717) is 5.95 Å². The van der Waals surface area contributed by atoms with Crippen LogP contribution in [0.2, 0.25) is 0 Å². The topological polar surface area (TPSA) is 48.5 Å². The van der Waals surface area contributed by atoms with Gasteiger partial charge in [-0.05, 0) is 93.7 Å². The number of rotatable bonds is 6. The van der Waals surface area contributed by atoms with Gasteiger partial charge < -0.3 is 4.57 Å². The van der Waals surface area contributed by atoms with Crippen molar-refractivity contribution in [2.75, 3.05) is 0 Å². The number of para-hydroxylation sites is 3. The van der Waals surface area contributed by atoms with Crippen LogP contribution in [0.3, 0.4) is 0 Å². The van der Waals surface area contributed by atoms with Gasteiger partial charge in [-0.1, -0.05) is 164 Å². The normalized spacial score (nSPS) is 11.9. The summed E-state index contributed by atoms with van der Waals surface area (Å²) in [5.41, 5.74) is 15.2. The van der Waals surface area contributed by atoms with Crippen molar-refractivity contribution >= 4 is 86.8 Å². The van der Waals surface area contributed by atoms with Crippen molar-refractivity contribution in [2.24, 2.45) is 0 Å². The number of fused-ring (bicyclic) bond motifs is 9. The fraction of sp³-hybridized carbons (Fsp3) is 0. The summed E-state index contributed by atoms with van der Waals surface area (Å²) in [7, 11) is 0. The lowest BCUT2D eigenvalue weighted by atomic mass is 9.96. The van der Waals surface area contributed by atoms with E-state index in [1.807, 2.05) is 0 Å². The zero-order chi connectivity index (χ0) is 44.0. The highest BCUT2D eigenvalue weighted by molar-refractivity contribution is 7.21. The Morgan fingerprint density at radius 1 is 0.328 bits per heavy atom. The molecule has 312 valence electrons. The molecule has 0 unspecified atom stereocenters. The molecule has 0 fully saturated rings. The molecule has 0 saturated carbocycles. The minimum absolute atomic E-state index is 0.644. The average Bonchev–Trinajstić information content (AvgIpc) is 4.07. The van der Waals surface area contributed by atoms with E-state index in [2.05, 4.69) is 234 Å². The first-order valence-corrected chi connectivity index (χ1v) is 23.4. The van der Waals surface area contributed by atoms with Gasteiger partial charge in [0.2, 0.25) is 5.95 Å². The molecule has 0 radical (unpaired) electrons. The average molecular weight is 872 g/mol. The van der Waals surface area contributed by atoms with Crippen LogP contribution in [0, 0.1) is 0 Å². The number of hydrogen-bond acceptors (Lipinski definition) is 4. The lowest BCUT2D eigenvalue weighted by Gasteiger charge is -2.13. The Hall–Kier alpha value is -8.71. The van der Waals surface area contributed by atoms with Crippen molar-refractivity contribution in [3.8, 4) is 55.7 Å². The van der Waals surface area contributed by atoms with Crippen LogP contribution < -0.4 is 0 Å². The van der Waals surface area contributed by atoms with E-state index in [9.17, 15) is 0 Å². The SMILES string of the molecule is c1ccc(-c2nc3cc4c(cc3s2)c2cc(-c3ccc5c(c3)c3ccccc3n5-c3nc(-c5ccc(-c6cccc7ccccc67)cc5)c5ccccc5n3)ccc2n4-c2ccccc2)cc1. The molecular weight excluding hydrogens is 835 g/mol. The number of benzene rings is 10. The van der Waals surface area contributed by atoms with E-state index < -0.39 is 0 Å². The molecule has 4 heterocycles. The van der Waals surface area contributed by atoms with Crippen LogP contribution in [0.5, 0.6) is 0 Å². The lowest BCUT2D eigenvalue weighted by Crippen LogP contribution is -2.03. The van der Waals surface area contributed by atoms with Crippen molar-refractivity contribution in [1.82, 2.24) is 24.1 Å². The summed E-state index contributed by atoms with van der Waals surface area (Å²) in [6, 6.07) is 80.3. The summed E-state index contributed by atoms with van der Waals surface area (Å²) >= 11 is 1.75. The van der Waals surface area contributed by atoms with Gasteiger partial charge in [-0.25, -0.2) is 15.0 Å². The molecule has 0 amide bonds. The van der Waals surface area contributed by atoms with Gasteiger partial charge in [0, 0.05) is 43.7 Å². The molecule has 0 aliphatic rings. The Balaban J connectivity index is 0.911. The Labute approximate surface area is 389 Å².